The number of nitrogens with two attached hydrogens (primary N) is 1. The third-order valence-corrected chi connectivity index (χ3v) is 4.43. The van der Waals surface area contributed by atoms with Crippen molar-refractivity contribution in [3.8, 4) is 0 Å². The summed E-state index contributed by atoms with van der Waals surface area (Å²) in [5.74, 6) is 5.81. The van der Waals surface area contributed by atoms with Gasteiger partial charge in [-0.05, 0) is 51.7 Å². The number of nitrogens with one attached hydrogen (secondary N) is 1. The third kappa shape index (κ3) is 3.90. The largest absolute Gasteiger partial charge is 0.305 e. The van der Waals surface area contributed by atoms with Gasteiger partial charge in [-0.25, -0.2) is 0 Å². The van der Waals surface area contributed by atoms with Gasteiger partial charge in [-0.2, -0.15) is 0 Å². The van der Waals surface area contributed by atoms with Crippen LogP contribution in [0.3, 0.4) is 0 Å². The highest BCUT2D eigenvalue weighted by Crippen LogP contribution is 2.19. The molecule has 1 aromatic heterocycles. The third-order valence-electron chi connectivity index (χ3n) is 4.09. The van der Waals surface area contributed by atoms with E-state index in [2.05, 4.69) is 34.3 Å². The van der Waals surface area contributed by atoms with Crippen LogP contribution in [0.25, 0.3) is 0 Å². The van der Waals surface area contributed by atoms with E-state index in [1.54, 1.807) is 12.4 Å². The Morgan fingerprint density at radius 1 is 1.50 bits per heavy atom. The summed E-state index contributed by atoms with van der Waals surface area (Å²) in [5.41, 5.74) is 4.07. The maximum Gasteiger partial charge on any atom is 0.0621 e. The van der Waals surface area contributed by atoms with E-state index in [1.165, 1.54) is 6.42 Å². The zero-order valence-corrected chi connectivity index (χ0v) is 13.0. The van der Waals surface area contributed by atoms with E-state index in [9.17, 15) is 0 Å². The fraction of sp³-hybridized carbons (Fsp3) is 0.643. The van der Waals surface area contributed by atoms with Crippen molar-refractivity contribution in [3.63, 3.8) is 0 Å². The molecule has 0 spiro atoms. The molecule has 0 radical (unpaired) electrons. The predicted octanol–water partition coefficient (Wildman–Crippen LogP) is 0.745. The first kappa shape index (κ1) is 15.7. The van der Waals surface area contributed by atoms with E-state index in [4.69, 9.17) is 17.4 Å². The topological polar surface area (TPSA) is 57.4 Å². The van der Waals surface area contributed by atoms with Crippen LogP contribution >= 0.6 is 11.6 Å². The Hall–Kier alpha value is -0.720. The number of likely N-dealkylation sites (N-methyl/N-ethyl adjacent to an activating group) is 2. The number of hydrazine groups is 1. The fourth-order valence-electron chi connectivity index (χ4n) is 2.85. The molecule has 0 saturated carbocycles. The first-order valence-electron chi connectivity index (χ1n) is 7.05. The molecule has 1 saturated heterocycles. The quantitative estimate of drug-likeness (QED) is 0.634. The molecule has 0 amide bonds. The summed E-state index contributed by atoms with van der Waals surface area (Å²) in [5, 5.41) is 0.706. The predicted molar refractivity (Wildman–Crippen MR) is 82.6 cm³/mol. The minimum absolute atomic E-state index is 0.167. The Morgan fingerprint density at radius 3 is 3.00 bits per heavy atom. The summed E-state index contributed by atoms with van der Waals surface area (Å²) < 4.78 is 0. The van der Waals surface area contributed by atoms with Crippen molar-refractivity contribution >= 4 is 11.6 Å². The summed E-state index contributed by atoms with van der Waals surface area (Å²) in [6.45, 7) is 3.24. The maximum atomic E-state index is 6.21. The molecular formula is C14H24ClN5. The minimum atomic E-state index is 0.167. The Balaban J connectivity index is 2.12. The Bertz CT molecular complexity index is 428. The van der Waals surface area contributed by atoms with Crippen molar-refractivity contribution in [1.82, 2.24) is 20.2 Å². The van der Waals surface area contributed by atoms with E-state index in [0.29, 0.717) is 11.1 Å². The van der Waals surface area contributed by atoms with Crippen LogP contribution in [-0.4, -0.2) is 60.6 Å². The second kappa shape index (κ2) is 7.33. The lowest BCUT2D eigenvalue weighted by Crippen LogP contribution is -2.55. The average Bonchev–Trinajstić information content (AvgIpc) is 2.60. The molecule has 112 valence electrons. The van der Waals surface area contributed by atoms with E-state index >= 15 is 0 Å². The summed E-state index contributed by atoms with van der Waals surface area (Å²) >= 11 is 6.21. The van der Waals surface area contributed by atoms with Crippen molar-refractivity contribution in [2.75, 3.05) is 33.7 Å². The van der Waals surface area contributed by atoms with Gasteiger partial charge in [-0.1, -0.05) is 11.6 Å². The fourth-order valence-corrected chi connectivity index (χ4v) is 3.05. The van der Waals surface area contributed by atoms with Crippen molar-refractivity contribution in [3.05, 3.63) is 29.0 Å². The molecule has 6 heteroatoms. The van der Waals surface area contributed by atoms with Gasteiger partial charge in [0, 0.05) is 31.0 Å². The molecule has 1 aliphatic heterocycles. The highest BCUT2D eigenvalue weighted by Gasteiger charge is 2.28. The average molecular weight is 298 g/mol. The molecule has 2 rings (SSSR count). The smallest absolute Gasteiger partial charge is 0.0621 e. The number of nitrogens with zero attached hydrogens (tertiary/aromatic N) is 3. The zero-order valence-electron chi connectivity index (χ0n) is 12.2. The number of pyridine rings is 1. The molecule has 0 bridgehead atoms. The normalized spacial score (nSPS) is 23.5. The van der Waals surface area contributed by atoms with E-state index in [-0.39, 0.29) is 6.04 Å². The van der Waals surface area contributed by atoms with Gasteiger partial charge in [-0.3, -0.25) is 16.3 Å². The number of aromatic nitrogens is 1. The standard InChI is InChI=1S/C14H24ClN5/c1-19-6-3-7-20(2)14(10-19)13(18-16)8-11-4-5-17-9-12(11)15/h4-5,9,13-14,18H,3,6-8,10,16H2,1-2H3. The van der Waals surface area contributed by atoms with Crippen LogP contribution in [0.2, 0.25) is 5.02 Å². The highest BCUT2D eigenvalue weighted by molar-refractivity contribution is 6.31. The highest BCUT2D eigenvalue weighted by atomic mass is 35.5. The van der Waals surface area contributed by atoms with Crippen molar-refractivity contribution in [2.24, 2.45) is 5.84 Å². The molecule has 5 nitrogen and oxygen atoms in total. The summed E-state index contributed by atoms with van der Waals surface area (Å²) in [6, 6.07) is 2.50. The minimum Gasteiger partial charge on any atom is -0.305 e. The van der Waals surface area contributed by atoms with Gasteiger partial charge >= 0.3 is 0 Å². The monoisotopic (exact) mass is 297 g/mol. The van der Waals surface area contributed by atoms with Crippen LogP contribution < -0.4 is 11.3 Å². The number of hydrogen-bond donors (Lipinski definition) is 2. The van der Waals surface area contributed by atoms with Gasteiger partial charge in [0.05, 0.1) is 5.02 Å². The lowest BCUT2D eigenvalue weighted by atomic mass is 9.99. The molecule has 0 aliphatic carbocycles. The SMILES string of the molecule is CN1CCCN(C)C(C(Cc2ccncc2Cl)NN)C1. The second-order valence-corrected chi connectivity index (χ2v) is 6.02. The molecule has 1 aromatic rings. The van der Waals surface area contributed by atoms with Crippen LogP contribution in [0.5, 0.6) is 0 Å². The number of rotatable bonds is 4. The van der Waals surface area contributed by atoms with Gasteiger partial charge in [0.25, 0.3) is 0 Å². The molecule has 20 heavy (non-hydrogen) atoms. The van der Waals surface area contributed by atoms with E-state index < -0.39 is 0 Å². The van der Waals surface area contributed by atoms with Crippen LogP contribution in [0, 0.1) is 0 Å². The summed E-state index contributed by atoms with van der Waals surface area (Å²) in [4.78, 5) is 8.79. The van der Waals surface area contributed by atoms with Crippen LogP contribution in [0.1, 0.15) is 12.0 Å². The summed E-state index contributed by atoms with van der Waals surface area (Å²) in [6.07, 6.45) is 5.46. The van der Waals surface area contributed by atoms with Crippen LogP contribution in [-0.2, 0) is 6.42 Å². The van der Waals surface area contributed by atoms with Crippen molar-refractivity contribution in [1.29, 1.82) is 0 Å². The van der Waals surface area contributed by atoms with Gasteiger partial charge in [0.1, 0.15) is 0 Å². The molecule has 1 aliphatic rings. The molecule has 3 N–H and O–H groups in total. The lowest BCUT2D eigenvalue weighted by Gasteiger charge is -2.34. The molecular weight excluding hydrogens is 274 g/mol. The number of hydrogen-bond acceptors (Lipinski definition) is 5. The number of halogens is 1. The van der Waals surface area contributed by atoms with Gasteiger partial charge in [-0.15, -0.1) is 0 Å². The second-order valence-electron chi connectivity index (χ2n) is 5.61. The van der Waals surface area contributed by atoms with E-state index in [0.717, 1.165) is 31.6 Å². The Labute approximate surface area is 126 Å². The first-order valence-corrected chi connectivity index (χ1v) is 7.43. The molecule has 2 atom stereocenters. The summed E-state index contributed by atoms with van der Waals surface area (Å²) in [7, 11) is 4.33. The van der Waals surface area contributed by atoms with Crippen molar-refractivity contribution < 1.29 is 0 Å². The molecule has 2 heterocycles. The Kier molecular flexibility index (Phi) is 5.74. The molecule has 0 aromatic carbocycles. The van der Waals surface area contributed by atoms with Crippen LogP contribution in [0.4, 0.5) is 0 Å². The molecule has 1 fully saturated rings. The van der Waals surface area contributed by atoms with Crippen molar-refractivity contribution in [2.45, 2.75) is 24.9 Å². The van der Waals surface area contributed by atoms with Gasteiger partial charge in [0.15, 0.2) is 0 Å². The van der Waals surface area contributed by atoms with E-state index in [1.807, 2.05) is 6.07 Å². The van der Waals surface area contributed by atoms with Crippen LogP contribution in [0.15, 0.2) is 18.5 Å². The first-order chi connectivity index (χ1) is 9.61. The maximum absolute atomic E-state index is 6.21. The Morgan fingerprint density at radius 2 is 2.30 bits per heavy atom. The zero-order chi connectivity index (χ0) is 14.5. The van der Waals surface area contributed by atoms with Gasteiger partial charge in [0.2, 0.25) is 0 Å². The molecule has 2 unspecified atom stereocenters. The lowest BCUT2D eigenvalue weighted by molar-refractivity contribution is 0.177. The van der Waals surface area contributed by atoms with Gasteiger partial charge < -0.3 is 9.80 Å².